The molecule has 1 N–H and O–H groups in total. The van der Waals surface area contributed by atoms with E-state index in [1.54, 1.807) is 23.0 Å². The summed E-state index contributed by atoms with van der Waals surface area (Å²) in [6.07, 6.45) is 7.37. The lowest BCUT2D eigenvalue weighted by molar-refractivity contribution is 0.0585. The maximum absolute atomic E-state index is 13.3. The molecule has 1 saturated carbocycles. The van der Waals surface area contributed by atoms with Crippen molar-refractivity contribution >= 4 is 55.1 Å². The largest absolute Gasteiger partial charge is 0.497 e. The van der Waals surface area contributed by atoms with Crippen molar-refractivity contribution in [3.8, 4) is 32.8 Å². The molecule has 0 spiro atoms. The smallest absolute Gasteiger partial charge is 0.254 e. The van der Waals surface area contributed by atoms with Gasteiger partial charge in [-0.15, -0.1) is 22.7 Å². The molecule has 232 valence electrons. The van der Waals surface area contributed by atoms with Crippen LogP contribution < -0.4 is 9.47 Å². The number of amides is 1. The Morgan fingerprint density at radius 1 is 1.07 bits per heavy atom. The van der Waals surface area contributed by atoms with E-state index >= 15 is 0 Å². The molecular weight excluding hydrogens is 629 g/mol. The van der Waals surface area contributed by atoms with Crippen LogP contribution in [-0.2, 0) is 6.61 Å². The van der Waals surface area contributed by atoms with E-state index in [0.717, 1.165) is 72.8 Å². The highest BCUT2D eigenvalue weighted by Crippen LogP contribution is 2.39. The molecule has 0 saturated heterocycles. The minimum Gasteiger partial charge on any atom is -0.497 e. The number of aromatic nitrogens is 5. The third-order valence-corrected chi connectivity index (χ3v) is 10.8. The fourth-order valence-electron chi connectivity index (χ4n) is 5.74. The van der Waals surface area contributed by atoms with Crippen LogP contribution in [0.2, 0.25) is 0 Å². The topological polar surface area (TPSA) is 115 Å². The van der Waals surface area contributed by atoms with Gasteiger partial charge in [0, 0.05) is 41.2 Å². The predicted octanol–water partition coefficient (Wildman–Crippen LogP) is 6.85. The van der Waals surface area contributed by atoms with Crippen LogP contribution in [0, 0.1) is 6.92 Å². The number of rotatable bonds is 10. The number of thiazole rings is 2. The lowest BCUT2D eigenvalue weighted by Crippen LogP contribution is -2.43. The highest BCUT2D eigenvalue weighted by atomic mass is 32.1. The molecule has 2 aromatic carbocycles. The first-order valence-electron chi connectivity index (χ1n) is 14.9. The van der Waals surface area contributed by atoms with Crippen molar-refractivity contribution in [1.82, 2.24) is 29.5 Å². The molecule has 1 aliphatic carbocycles. The lowest BCUT2D eigenvalue weighted by atomic mass is 9.93. The second-order valence-corrected chi connectivity index (χ2v) is 14.0. The summed E-state index contributed by atoms with van der Waals surface area (Å²) in [4.78, 5) is 30.4. The van der Waals surface area contributed by atoms with Crippen molar-refractivity contribution < 1.29 is 19.4 Å². The van der Waals surface area contributed by atoms with E-state index in [9.17, 15) is 9.90 Å². The number of carbonyl (C=O) groups is 1. The van der Waals surface area contributed by atoms with Gasteiger partial charge in [-0.25, -0.2) is 19.5 Å². The minimum atomic E-state index is -0.0313. The average molecular weight is 661 g/mol. The normalized spacial score (nSPS) is 13.9. The highest BCUT2D eigenvalue weighted by molar-refractivity contribution is 7.22. The van der Waals surface area contributed by atoms with Gasteiger partial charge in [0.15, 0.2) is 0 Å². The molecule has 1 fully saturated rings. The van der Waals surface area contributed by atoms with Crippen molar-refractivity contribution in [2.24, 2.45) is 0 Å². The average Bonchev–Trinajstić information content (AvgIpc) is 3.86. The number of methoxy groups -OCH3 is 1. The van der Waals surface area contributed by atoms with Gasteiger partial charge in [-0.2, -0.15) is 5.10 Å². The van der Waals surface area contributed by atoms with Crippen molar-refractivity contribution in [1.29, 1.82) is 0 Å². The number of aliphatic hydroxyl groups is 1. The van der Waals surface area contributed by atoms with Crippen LogP contribution in [0.4, 0.5) is 0 Å². The van der Waals surface area contributed by atoms with Gasteiger partial charge in [0.05, 0.1) is 35.8 Å². The molecule has 0 radical (unpaired) electrons. The molecule has 1 amide bonds. The van der Waals surface area contributed by atoms with Gasteiger partial charge in [-0.1, -0.05) is 42.7 Å². The maximum atomic E-state index is 13.3. The van der Waals surface area contributed by atoms with E-state index < -0.39 is 0 Å². The summed E-state index contributed by atoms with van der Waals surface area (Å²) >= 11 is 4.60. The lowest BCUT2D eigenvalue weighted by Gasteiger charge is -2.34. The van der Waals surface area contributed by atoms with E-state index in [1.807, 2.05) is 59.8 Å². The zero-order chi connectivity index (χ0) is 30.9. The second-order valence-electron chi connectivity index (χ2n) is 11.0. The quantitative estimate of drug-likeness (QED) is 0.170. The number of aryl methyl sites for hydroxylation is 1. The number of fused-ring (bicyclic) bond motifs is 2. The Bertz CT molecular complexity index is 1920. The van der Waals surface area contributed by atoms with E-state index in [2.05, 4.69) is 5.10 Å². The van der Waals surface area contributed by atoms with Crippen LogP contribution in [0.1, 0.15) is 53.2 Å². The van der Waals surface area contributed by atoms with Crippen molar-refractivity contribution in [3.05, 3.63) is 64.2 Å². The Morgan fingerprint density at radius 3 is 2.64 bits per heavy atom. The van der Waals surface area contributed by atoms with Crippen LogP contribution in [0.15, 0.2) is 48.0 Å². The molecule has 0 unspecified atom stereocenters. The molecule has 4 heterocycles. The molecule has 1 aliphatic rings. The SMILES string of the molecule is COc1cc(OCc2csc(-c3ccc(C(=O)N(CCO)C4CCCCC4)cc3)n2)c2sc(-c3cn4nc(C)sc4n3)nc2c1. The van der Waals surface area contributed by atoms with Gasteiger partial charge in [0.25, 0.3) is 5.91 Å². The molecular formula is C32H32N6O4S3. The molecule has 0 atom stereocenters. The van der Waals surface area contributed by atoms with Gasteiger partial charge < -0.3 is 19.5 Å². The van der Waals surface area contributed by atoms with Gasteiger partial charge in [-0.05, 0) is 31.9 Å². The fraction of sp³-hybridized carbons (Fsp3) is 0.344. The zero-order valence-electron chi connectivity index (χ0n) is 24.9. The van der Waals surface area contributed by atoms with Gasteiger partial charge in [0.1, 0.15) is 38.8 Å². The summed E-state index contributed by atoms with van der Waals surface area (Å²) in [7, 11) is 1.63. The van der Waals surface area contributed by atoms with Crippen LogP contribution >= 0.6 is 34.0 Å². The molecule has 7 rings (SSSR count). The van der Waals surface area contributed by atoms with Gasteiger partial charge in [0.2, 0.25) is 4.96 Å². The first-order chi connectivity index (χ1) is 22.0. The number of nitrogens with zero attached hydrogens (tertiary/aromatic N) is 6. The van der Waals surface area contributed by atoms with Crippen LogP contribution in [-0.4, -0.2) is 66.8 Å². The number of benzene rings is 2. The molecule has 4 aromatic heterocycles. The van der Waals surface area contributed by atoms with Gasteiger partial charge in [-0.3, -0.25) is 4.79 Å². The summed E-state index contributed by atoms with van der Waals surface area (Å²) < 4.78 is 14.5. The summed E-state index contributed by atoms with van der Waals surface area (Å²) in [5.74, 6) is 1.31. The minimum absolute atomic E-state index is 0.0222. The van der Waals surface area contributed by atoms with E-state index in [-0.39, 0.29) is 25.2 Å². The Kier molecular flexibility index (Phi) is 8.49. The zero-order valence-corrected chi connectivity index (χ0v) is 27.4. The van der Waals surface area contributed by atoms with Crippen molar-refractivity contribution in [3.63, 3.8) is 0 Å². The third-order valence-electron chi connectivity index (χ3n) is 7.95. The summed E-state index contributed by atoms with van der Waals surface area (Å²) in [5.41, 5.74) is 3.92. The number of aliphatic hydroxyl groups excluding tert-OH is 1. The Labute approximate surface area is 271 Å². The van der Waals surface area contributed by atoms with Gasteiger partial charge >= 0.3 is 0 Å². The molecule has 10 nitrogen and oxygen atoms in total. The van der Waals surface area contributed by atoms with E-state index in [1.165, 1.54) is 29.1 Å². The number of carbonyl (C=O) groups excluding carboxylic acids is 1. The van der Waals surface area contributed by atoms with Crippen molar-refractivity contribution in [2.75, 3.05) is 20.3 Å². The number of imidazole rings is 1. The number of ether oxygens (including phenoxy) is 2. The molecule has 13 heteroatoms. The molecule has 0 bridgehead atoms. The number of hydrogen-bond donors (Lipinski definition) is 1. The van der Waals surface area contributed by atoms with Crippen LogP contribution in [0.3, 0.4) is 0 Å². The highest BCUT2D eigenvalue weighted by Gasteiger charge is 2.26. The third kappa shape index (κ3) is 6.17. The second kappa shape index (κ2) is 12.8. The maximum Gasteiger partial charge on any atom is 0.254 e. The Balaban J connectivity index is 1.06. The predicted molar refractivity (Wildman–Crippen MR) is 178 cm³/mol. The Hall–Kier alpha value is -3.91. The summed E-state index contributed by atoms with van der Waals surface area (Å²) in [5, 5.41) is 18.7. The molecule has 45 heavy (non-hydrogen) atoms. The fourth-order valence-corrected chi connectivity index (χ4v) is 8.25. The first kappa shape index (κ1) is 29.8. The molecule has 0 aliphatic heterocycles. The van der Waals surface area contributed by atoms with E-state index in [4.69, 9.17) is 24.4 Å². The van der Waals surface area contributed by atoms with Crippen LogP contribution in [0.25, 0.3) is 36.5 Å². The summed E-state index contributed by atoms with van der Waals surface area (Å²) in [6.45, 7) is 2.58. The Morgan fingerprint density at radius 2 is 1.89 bits per heavy atom. The van der Waals surface area contributed by atoms with Crippen molar-refractivity contribution in [2.45, 2.75) is 51.7 Å². The van der Waals surface area contributed by atoms with Crippen LogP contribution in [0.5, 0.6) is 11.5 Å². The first-order valence-corrected chi connectivity index (χ1v) is 17.4. The van der Waals surface area contributed by atoms with E-state index in [0.29, 0.717) is 23.6 Å². The standard InChI is InChI=1S/C32H32N6O4S3/c1-19-36-38-16-26(35-32(38)44-19)30-34-25-14-24(41-2)15-27(28(25)45-30)42-17-22-18-43-29(33-22)20-8-10-21(11-9-20)31(40)37(12-13-39)23-6-4-3-5-7-23/h8-11,14-16,18,23,39H,3-7,12-13,17H2,1-2H3. The molecule has 6 aromatic rings. The number of hydrogen-bond acceptors (Lipinski definition) is 11. The monoisotopic (exact) mass is 660 g/mol. The summed E-state index contributed by atoms with van der Waals surface area (Å²) in [6, 6.07) is 11.6.